The Morgan fingerprint density at radius 1 is 1.00 bits per heavy atom. The van der Waals surface area contributed by atoms with Crippen molar-refractivity contribution < 1.29 is 14.1 Å². The van der Waals surface area contributed by atoms with Crippen LogP contribution in [0, 0.1) is 0 Å². The van der Waals surface area contributed by atoms with Crippen LogP contribution in [0.25, 0.3) is 0 Å². The lowest BCUT2D eigenvalue weighted by atomic mass is 9.61. The molecule has 2 fully saturated rings. The molecule has 0 aromatic heterocycles. The molecule has 3 rings (SSSR count). The molecule has 1 aromatic carbocycles. The van der Waals surface area contributed by atoms with Gasteiger partial charge >= 0.3 is 7.12 Å². The second kappa shape index (κ2) is 4.94. The summed E-state index contributed by atoms with van der Waals surface area (Å²) < 4.78 is 12.2. The monoisotopic (exact) mass is 300 g/mol. The minimum atomic E-state index is -0.320. The first-order chi connectivity index (χ1) is 10.2. The van der Waals surface area contributed by atoms with Crippen LogP contribution in [0.5, 0.6) is 0 Å². The highest BCUT2D eigenvalue weighted by molar-refractivity contribution is 6.62. The van der Waals surface area contributed by atoms with Crippen molar-refractivity contribution in [2.45, 2.75) is 70.5 Å². The van der Waals surface area contributed by atoms with E-state index in [2.05, 4.69) is 58.9 Å². The van der Waals surface area contributed by atoms with Crippen LogP contribution in [0.2, 0.25) is 0 Å². The van der Waals surface area contributed by atoms with Crippen molar-refractivity contribution in [1.82, 2.24) is 0 Å². The molecule has 3 nitrogen and oxygen atoms in total. The molecule has 0 unspecified atom stereocenters. The predicted molar refractivity (Wildman–Crippen MR) is 88.4 cm³/mol. The standard InChI is InChI=1S/C18H25BO3/c1-6-18(11-15(20)12-18)13-7-9-14(10-8-13)19-21-16(2,3)17(4,5)22-19/h7-10H,6,11-12H2,1-5H3. The Bertz CT molecular complexity index is 565. The van der Waals surface area contributed by atoms with E-state index in [1.807, 2.05) is 0 Å². The smallest absolute Gasteiger partial charge is 0.399 e. The number of benzene rings is 1. The molecule has 1 heterocycles. The number of hydrogen-bond acceptors (Lipinski definition) is 3. The van der Waals surface area contributed by atoms with E-state index >= 15 is 0 Å². The van der Waals surface area contributed by atoms with Crippen LogP contribution in [-0.2, 0) is 19.5 Å². The first-order valence-electron chi connectivity index (χ1n) is 8.17. The minimum Gasteiger partial charge on any atom is -0.399 e. The number of ketones is 1. The molecule has 1 aromatic rings. The quantitative estimate of drug-likeness (QED) is 0.805. The number of hydrogen-bond donors (Lipinski definition) is 0. The van der Waals surface area contributed by atoms with Crippen LogP contribution >= 0.6 is 0 Å². The average molecular weight is 300 g/mol. The Morgan fingerprint density at radius 2 is 1.50 bits per heavy atom. The number of carbonyl (C=O) groups excluding carboxylic acids is 1. The van der Waals surface area contributed by atoms with E-state index in [1.165, 1.54) is 5.56 Å². The number of rotatable bonds is 3. The van der Waals surface area contributed by atoms with Crippen LogP contribution in [0.1, 0.15) is 59.4 Å². The predicted octanol–water partition coefficient (Wildman–Crippen LogP) is 3.00. The molecule has 1 saturated heterocycles. The number of carbonyl (C=O) groups is 1. The van der Waals surface area contributed by atoms with Gasteiger partial charge in [0, 0.05) is 18.3 Å². The Hall–Kier alpha value is -1.13. The molecule has 22 heavy (non-hydrogen) atoms. The van der Waals surface area contributed by atoms with Crippen LogP contribution in [-0.4, -0.2) is 24.1 Å². The van der Waals surface area contributed by atoms with Crippen LogP contribution < -0.4 is 5.46 Å². The molecule has 0 atom stereocenters. The second-order valence-corrected chi connectivity index (χ2v) is 7.74. The van der Waals surface area contributed by atoms with E-state index in [9.17, 15) is 4.79 Å². The molecule has 1 aliphatic carbocycles. The molecule has 0 spiro atoms. The maximum Gasteiger partial charge on any atom is 0.494 e. The molecule has 0 amide bonds. The fraction of sp³-hybridized carbons (Fsp3) is 0.611. The highest BCUT2D eigenvalue weighted by Gasteiger charge is 2.51. The largest absolute Gasteiger partial charge is 0.494 e. The zero-order valence-electron chi connectivity index (χ0n) is 14.2. The van der Waals surface area contributed by atoms with Gasteiger partial charge in [-0.3, -0.25) is 4.79 Å². The van der Waals surface area contributed by atoms with Gasteiger partial charge in [-0.25, -0.2) is 0 Å². The molecular weight excluding hydrogens is 275 g/mol. The van der Waals surface area contributed by atoms with Crippen molar-refractivity contribution in [3.05, 3.63) is 29.8 Å². The molecule has 4 heteroatoms. The van der Waals surface area contributed by atoms with Gasteiger partial charge in [-0.05, 0) is 45.1 Å². The topological polar surface area (TPSA) is 35.5 Å². The summed E-state index contributed by atoms with van der Waals surface area (Å²) in [5, 5.41) is 0. The van der Waals surface area contributed by atoms with E-state index in [-0.39, 0.29) is 23.7 Å². The van der Waals surface area contributed by atoms with Gasteiger partial charge < -0.3 is 9.31 Å². The SMILES string of the molecule is CCC1(c2ccc(B3OC(C)(C)C(C)(C)O3)cc2)CC(=O)C1. The van der Waals surface area contributed by atoms with Crippen molar-refractivity contribution >= 4 is 18.4 Å². The van der Waals surface area contributed by atoms with E-state index in [1.54, 1.807) is 0 Å². The lowest BCUT2D eigenvalue weighted by Gasteiger charge is -2.40. The van der Waals surface area contributed by atoms with Crippen molar-refractivity contribution in [2.75, 3.05) is 0 Å². The van der Waals surface area contributed by atoms with E-state index < -0.39 is 0 Å². The van der Waals surface area contributed by atoms with E-state index in [0.29, 0.717) is 18.6 Å². The third-order valence-electron chi connectivity index (χ3n) is 5.80. The molecule has 1 saturated carbocycles. The van der Waals surface area contributed by atoms with Gasteiger partial charge in [-0.2, -0.15) is 0 Å². The Morgan fingerprint density at radius 3 is 1.91 bits per heavy atom. The summed E-state index contributed by atoms with van der Waals surface area (Å²) >= 11 is 0. The molecule has 0 N–H and O–H groups in total. The van der Waals surface area contributed by atoms with E-state index in [0.717, 1.165) is 11.9 Å². The third kappa shape index (κ3) is 2.33. The maximum absolute atomic E-state index is 11.4. The van der Waals surface area contributed by atoms with Gasteiger partial charge in [0.25, 0.3) is 0 Å². The van der Waals surface area contributed by atoms with Gasteiger partial charge in [-0.1, -0.05) is 31.2 Å². The van der Waals surface area contributed by atoms with Gasteiger partial charge in [0.2, 0.25) is 0 Å². The highest BCUT2D eigenvalue weighted by Crippen LogP contribution is 2.44. The summed E-state index contributed by atoms with van der Waals surface area (Å²) in [6.45, 7) is 10.4. The molecule has 2 aliphatic rings. The normalized spacial score (nSPS) is 25.1. The highest BCUT2D eigenvalue weighted by atomic mass is 16.7. The van der Waals surface area contributed by atoms with Crippen molar-refractivity contribution in [1.29, 1.82) is 0 Å². The first-order valence-corrected chi connectivity index (χ1v) is 8.17. The summed E-state index contributed by atoms with van der Waals surface area (Å²) in [4.78, 5) is 11.4. The fourth-order valence-electron chi connectivity index (χ4n) is 3.33. The summed E-state index contributed by atoms with van der Waals surface area (Å²) in [6, 6.07) is 8.43. The van der Waals surface area contributed by atoms with Crippen molar-refractivity contribution in [3.63, 3.8) is 0 Å². The molecular formula is C18H25BO3. The lowest BCUT2D eigenvalue weighted by molar-refractivity contribution is -0.128. The Balaban J connectivity index is 1.80. The van der Waals surface area contributed by atoms with Crippen LogP contribution in [0.3, 0.4) is 0 Å². The first kappa shape index (κ1) is 15.8. The molecule has 0 bridgehead atoms. The fourth-order valence-corrected chi connectivity index (χ4v) is 3.33. The molecule has 1 aliphatic heterocycles. The molecule has 0 radical (unpaired) electrons. The van der Waals surface area contributed by atoms with Gasteiger partial charge in [-0.15, -0.1) is 0 Å². The minimum absolute atomic E-state index is 0.0611. The van der Waals surface area contributed by atoms with E-state index in [4.69, 9.17) is 9.31 Å². The van der Waals surface area contributed by atoms with Crippen molar-refractivity contribution in [3.8, 4) is 0 Å². The number of Topliss-reactive ketones (excluding diaryl/α,β-unsaturated/α-hetero) is 1. The Labute approximate surface area is 133 Å². The summed E-state index contributed by atoms with van der Waals surface area (Å²) in [7, 11) is -0.320. The van der Waals surface area contributed by atoms with Gasteiger partial charge in [0.05, 0.1) is 11.2 Å². The van der Waals surface area contributed by atoms with Gasteiger partial charge in [0.1, 0.15) is 5.78 Å². The van der Waals surface area contributed by atoms with Crippen molar-refractivity contribution in [2.24, 2.45) is 0 Å². The Kier molecular flexibility index (Phi) is 3.54. The van der Waals surface area contributed by atoms with Crippen LogP contribution in [0.4, 0.5) is 0 Å². The maximum atomic E-state index is 11.4. The summed E-state index contributed by atoms with van der Waals surface area (Å²) in [5.41, 5.74) is 1.73. The zero-order valence-corrected chi connectivity index (χ0v) is 14.2. The third-order valence-corrected chi connectivity index (χ3v) is 5.80. The van der Waals surface area contributed by atoms with Gasteiger partial charge in [0.15, 0.2) is 0 Å². The second-order valence-electron chi connectivity index (χ2n) is 7.74. The molecule has 118 valence electrons. The van der Waals surface area contributed by atoms with Crippen LogP contribution in [0.15, 0.2) is 24.3 Å². The zero-order chi connectivity index (χ0) is 16.2. The summed E-state index contributed by atoms with van der Waals surface area (Å²) in [5.74, 6) is 0.372. The lowest BCUT2D eigenvalue weighted by Crippen LogP contribution is -2.41. The summed E-state index contributed by atoms with van der Waals surface area (Å²) in [6.07, 6.45) is 2.37. The average Bonchev–Trinajstić information content (AvgIpc) is 2.64.